The summed E-state index contributed by atoms with van der Waals surface area (Å²) in [5.74, 6) is 0. The number of ether oxygens (including phenoxy) is 2. The smallest absolute Gasteiger partial charge is 0.147 e. The number of hydrogen-bond acceptors (Lipinski definition) is 3. The minimum atomic E-state index is 0.275. The molecule has 0 aromatic rings. The first-order valence-corrected chi connectivity index (χ1v) is 3.92. The van der Waals surface area contributed by atoms with Crippen molar-refractivity contribution in [2.24, 2.45) is 0 Å². The average molecular weight is 158 g/mol. The molecule has 0 spiro atoms. The molecular weight excluding hydrogens is 148 g/mol. The van der Waals surface area contributed by atoms with Gasteiger partial charge < -0.3 is 9.47 Å². The highest BCUT2D eigenvalue weighted by Gasteiger charge is 2.31. The van der Waals surface area contributed by atoms with Gasteiger partial charge in [0.15, 0.2) is 0 Å². The van der Waals surface area contributed by atoms with Crippen molar-refractivity contribution in [3.63, 3.8) is 0 Å². The molecular formula is C7H10O2S. The minimum Gasteiger partial charge on any atom is -0.349 e. The van der Waals surface area contributed by atoms with E-state index in [0.717, 1.165) is 17.7 Å². The number of rotatable bonds is 0. The largest absolute Gasteiger partial charge is 0.349 e. The van der Waals surface area contributed by atoms with Crippen molar-refractivity contribution in [2.45, 2.75) is 25.0 Å². The summed E-state index contributed by atoms with van der Waals surface area (Å²) in [6.45, 7) is 0.463. The summed E-state index contributed by atoms with van der Waals surface area (Å²) in [4.78, 5) is 1.13. The van der Waals surface area contributed by atoms with Crippen LogP contribution in [0.4, 0.5) is 0 Å². The normalized spacial score (nSPS) is 39.1. The Balaban J connectivity index is 2.08. The Kier molecular flexibility index (Phi) is 1.72. The molecule has 10 heavy (non-hydrogen) atoms. The van der Waals surface area contributed by atoms with Crippen LogP contribution in [0.15, 0.2) is 11.0 Å². The van der Waals surface area contributed by atoms with Gasteiger partial charge in [-0.15, -0.1) is 12.6 Å². The second kappa shape index (κ2) is 2.57. The molecule has 1 fully saturated rings. The van der Waals surface area contributed by atoms with Crippen molar-refractivity contribution >= 4 is 12.6 Å². The zero-order valence-electron chi connectivity index (χ0n) is 5.62. The Morgan fingerprint density at radius 3 is 3.10 bits per heavy atom. The molecule has 0 amide bonds. The summed E-state index contributed by atoms with van der Waals surface area (Å²) in [5, 5.41) is 0. The zero-order chi connectivity index (χ0) is 6.97. The molecule has 0 N–H and O–H groups in total. The molecule has 0 bridgehead atoms. The molecule has 2 unspecified atom stereocenters. The van der Waals surface area contributed by atoms with E-state index in [9.17, 15) is 0 Å². The van der Waals surface area contributed by atoms with E-state index >= 15 is 0 Å². The van der Waals surface area contributed by atoms with Crippen molar-refractivity contribution in [1.29, 1.82) is 0 Å². The van der Waals surface area contributed by atoms with Gasteiger partial charge in [0.1, 0.15) is 6.79 Å². The lowest BCUT2D eigenvalue weighted by atomic mass is 10.0. The first-order chi connectivity index (χ1) is 4.86. The van der Waals surface area contributed by atoms with Crippen LogP contribution in [0, 0.1) is 0 Å². The Morgan fingerprint density at radius 2 is 2.20 bits per heavy atom. The average Bonchev–Trinajstić information content (AvgIpc) is 2.33. The Morgan fingerprint density at radius 1 is 1.40 bits per heavy atom. The van der Waals surface area contributed by atoms with E-state index < -0.39 is 0 Å². The first kappa shape index (κ1) is 6.70. The number of fused-ring (bicyclic) bond motifs is 1. The molecule has 2 rings (SSSR count). The van der Waals surface area contributed by atoms with E-state index in [-0.39, 0.29) is 6.10 Å². The maximum Gasteiger partial charge on any atom is 0.147 e. The van der Waals surface area contributed by atoms with Crippen LogP contribution in [-0.2, 0) is 9.47 Å². The minimum absolute atomic E-state index is 0.275. The third-order valence-corrected chi connectivity index (χ3v) is 2.34. The maximum absolute atomic E-state index is 5.32. The lowest BCUT2D eigenvalue weighted by Crippen LogP contribution is -2.24. The summed E-state index contributed by atoms with van der Waals surface area (Å²) in [6.07, 6.45) is 4.57. The highest BCUT2D eigenvalue weighted by Crippen LogP contribution is 2.29. The van der Waals surface area contributed by atoms with Crippen LogP contribution < -0.4 is 0 Å². The predicted octanol–water partition coefficient (Wildman–Crippen LogP) is 1.34. The van der Waals surface area contributed by atoms with Gasteiger partial charge in [0.25, 0.3) is 0 Å². The lowest BCUT2D eigenvalue weighted by Gasteiger charge is -2.19. The number of hydrogen-bond donors (Lipinski definition) is 1. The lowest BCUT2D eigenvalue weighted by molar-refractivity contribution is 0.0402. The molecule has 2 nitrogen and oxygen atoms in total. The fourth-order valence-corrected chi connectivity index (χ4v) is 1.67. The summed E-state index contributed by atoms with van der Waals surface area (Å²) >= 11 is 4.27. The van der Waals surface area contributed by atoms with Gasteiger partial charge in [0.05, 0.1) is 12.2 Å². The van der Waals surface area contributed by atoms with Crippen LogP contribution >= 0.6 is 12.6 Å². The fourth-order valence-electron chi connectivity index (χ4n) is 1.38. The fraction of sp³-hybridized carbons (Fsp3) is 0.714. The first-order valence-electron chi connectivity index (χ1n) is 3.47. The van der Waals surface area contributed by atoms with Crippen molar-refractivity contribution in [3.8, 4) is 0 Å². The Bertz CT molecular complexity index is 167. The van der Waals surface area contributed by atoms with Crippen molar-refractivity contribution in [2.75, 3.05) is 6.79 Å². The molecule has 1 saturated heterocycles. The van der Waals surface area contributed by atoms with E-state index in [0.29, 0.717) is 12.9 Å². The highest BCUT2D eigenvalue weighted by molar-refractivity contribution is 7.84. The molecule has 0 saturated carbocycles. The van der Waals surface area contributed by atoms with Crippen molar-refractivity contribution in [3.05, 3.63) is 11.0 Å². The summed E-state index contributed by atoms with van der Waals surface area (Å²) in [7, 11) is 0. The van der Waals surface area contributed by atoms with E-state index in [1.165, 1.54) is 0 Å². The van der Waals surface area contributed by atoms with Crippen LogP contribution in [0.25, 0.3) is 0 Å². The Labute approximate surface area is 65.6 Å². The Hall–Kier alpha value is 0.01000. The quantitative estimate of drug-likeness (QED) is 0.536. The van der Waals surface area contributed by atoms with Crippen LogP contribution in [0.3, 0.4) is 0 Å². The summed E-state index contributed by atoms with van der Waals surface area (Å²) in [6, 6.07) is 0. The number of thiol groups is 1. The van der Waals surface area contributed by atoms with Crippen LogP contribution in [-0.4, -0.2) is 19.0 Å². The molecule has 1 heterocycles. The summed E-state index contributed by atoms with van der Waals surface area (Å²) in [5.41, 5.74) is 0. The molecule has 56 valence electrons. The van der Waals surface area contributed by atoms with Gasteiger partial charge in [-0.3, -0.25) is 0 Å². The monoisotopic (exact) mass is 158 g/mol. The third-order valence-electron chi connectivity index (χ3n) is 1.98. The molecule has 1 aliphatic heterocycles. The molecule has 2 aliphatic rings. The summed E-state index contributed by atoms with van der Waals surface area (Å²) < 4.78 is 10.6. The van der Waals surface area contributed by atoms with Gasteiger partial charge in [0, 0.05) is 6.42 Å². The topological polar surface area (TPSA) is 18.5 Å². The van der Waals surface area contributed by atoms with Crippen molar-refractivity contribution < 1.29 is 9.47 Å². The van der Waals surface area contributed by atoms with Crippen LogP contribution in [0.1, 0.15) is 12.8 Å². The van der Waals surface area contributed by atoms with Gasteiger partial charge in [-0.2, -0.15) is 0 Å². The molecule has 1 aliphatic carbocycles. The molecule has 0 aromatic carbocycles. The predicted molar refractivity (Wildman–Crippen MR) is 40.9 cm³/mol. The van der Waals surface area contributed by atoms with Gasteiger partial charge in [0.2, 0.25) is 0 Å². The van der Waals surface area contributed by atoms with Crippen LogP contribution in [0.5, 0.6) is 0 Å². The van der Waals surface area contributed by atoms with E-state index in [1.807, 2.05) is 0 Å². The molecule has 3 heteroatoms. The maximum atomic E-state index is 5.32. The molecule has 2 atom stereocenters. The highest BCUT2D eigenvalue weighted by atomic mass is 32.1. The standard InChI is InChI=1S/C7H10O2S/c10-5-1-2-6-7(3-5)9-4-8-6/h1,6-7,10H,2-4H2. The van der Waals surface area contributed by atoms with E-state index in [4.69, 9.17) is 9.47 Å². The van der Waals surface area contributed by atoms with Gasteiger partial charge in [-0.1, -0.05) is 6.08 Å². The second-order valence-corrected chi connectivity index (χ2v) is 3.24. The SMILES string of the molecule is SC1=CCC2OCOC2C1. The molecule has 0 radical (unpaired) electrons. The van der Waals surface area contributed by atoms with E-state index in [1.54, 1.807) is 0 Å². The third kappa shape index (κ3) is 1.09. The zero-order valence-corrected chi connectivity index (χ0v) is 6.51. The van der Waals surface area contributed by atoms with Crippen LogP contribution in [0.2, 0.25) is 0 Å². The van der Waals surface area contributed by atoms with Gasteiger partial charge in [-0.05, 0) is 11.3 Å². The van der Waals surface area contributed by atoms with Gasteiger partial charge in [-0.25, -0.2) is 0 Å². The van der Waals surface area contributed by atoms with E-state index in [2.05, 4.69) is 18.7 Å². The molecule has 0 aromatic heterocycles. The van der Waals surface area contributed by atoms with Crippen molar-refractivity contribution in [1.82, 2.24) is 0 Å². The second-order valence-electron chi connectivity index (χ2n) is 2.66. The van der Waals surface area contributed by atoms with Gasteiger partial charge >= 0.3 is 0 Å².